The Hall–Kier alpha value is -4.26. The van der Waals surface area contributed by atoms with Crippen molar-refractivity contribution in [2.24, 2.45) is 5.73 Å². The van der Waals surface area contributed by atoms with E-state index in [4.69, 9.17) is 10.5 Å². The molecule has 0 aliphatic carbocycles. The second-order valence-corrected chi connectivity index (χ2v) is 7.93. The van der Waals surface area contributed by atoms with Gasteiger partial charge in [0.05, 0.1) is 12.1 Å². The highest BCUT2D eigenvalue weighted by molar-refractivity contribution is 6.04. The Kier molecular flexibility index (Phi) is 5.22. The van der Waals surface area contributed by atoms with E-state index in [-0.39, 0.29) is 18.1 Å². The van der Waals surface area contributed by atoms with Crippen LogP contribution in [0.15, 0.2) is 66.7 Å². The first-order valence-corrected chi connectivity index (χ1v) is 10.5. The monoisotopic (exact) mass is 441 g/mol. The van der Waals surface area contributed by atoms with Crippen LogP contribution in [0.1, 0.15) is 37.5 Å². The number of nitrogens with zero attached hydrogens (tertiary/aromatic N) is 1. The summed E-state index contributed by atoms with van der Waals surface area (Å²) in [7, 11) is 0. The first-order valence-electron chi connectivity index (χ1n) is 10.5. The molecular weight excluding hydrogens is 421 g/mol. The lowest BCUT2D eigenvalue weighted by molar-refractivity contribution is 0.0997. The van der Waals surface area contributed by atoms with Crippen LogP contribution < -0.4 is 15.8 Å². The van der Waals surface area contributed by atoms with E-state index in [1.54, 1.807) is 42.5 Å². The number of amides is 2. The Morgan fingerprint density at radius 1 is 1.00 bits per heavy atom. The summed E-state index contributed by atoms with van der Waals surface area (Å²) in [5.74, 6) is -0.452. The van der Waals surface area contributed by atoms with Gasteiger partial charge in [-0.1, -0.05) is 12.1 Å². The number of nitrogens with two attached hydrogens (primary N) is 1. The van der Waals surface area contributed by atoms with Crippen molar-refractivity contribution in [3.05, 3.63) is 100 Å². The van der Waals surface area contributed by atoms with E-state index in [9.17, 15) is 14.0 Å². The van der Waals surface area contributed by atoms with Crippen molar-refractivity contribution in [3.63, 3.8) is 0 Å². The Bertz CT molecular complexity index is 1420. The molecule has 0 unspecified atom stereocenters. The molecule has 2 amide bonds. The third-order valence-corrected chi connectivity index (χ3v) is 5.66. The van der Waals surface area contributed by atoms with Crippen LogP contribution >= 0.6 is 0 Å². The zero-order valence-corrected chi connectivity index (χ0v) is 17.6. The van der Waals surface area contributed by atoms with E-state index >= 15 is 0 Å². The van der Waals surface area contributed by atoms with Crippen molar-refractivity contribution in [1.29, 1.82) is 0 Å². The number of carbonyl (C=O) groups is 2. The molecule has 0 saturated heterocycles. The van der Waals surface area contributed by atoms with E-state index < -0.39 is 5.91 Å². The molecule has 3 aromatic carbocycles. The van der Waals surface area contributed by atoms with E-state index in [1.165, 1.54) is 12.1 Å². The maximum absolute atomic E-state index is 14.5. The van der Waals surface area contributed by atoms with Gasteiger partial charge in [-0.3, -0.25) is 14.6 Å². The average molecular weight is 441 g/mol. The van der Waals surface area contributed by atoms with Crippen LogP contribution in [0.25, 0.3) is 10.9 Å². The molecule has 2 heterocycles. The van der Waals surface area contributed by atoms with E-state index in [2.05, 4.69) is 10.3 Å². The van der Waals surface area contributed by atoms with Gasteiger partial charge in [-0.05, 0) is 65.7 Å². The lowest BCUT2D eigenvalue weighted by Crippen LogP contribution is -2.12. The van der Waals surface area contributed by atoms with Gasteiger partial charge in [0.1, 0.15) is 11.6 Å². The summed E-state index contributed by atoms with van der Waals surface area (Å²) in [6.45, 7) is 0.622. The Balaban J connectivity index is 1.36. The Morgan fingerprint density at radius 2 is 1.85 bits per heavy atom. The number of aromatic nitrogens is 1. The number of rotatable bonds is 5. The minimum Gasteiger partial charge on any atom is -0.493 e. The predicted octanol–water partition coefficient (Wildman–Crippen LogP) is 4.25. The van der Waals surface area contributed by atoms with Crippen molar-refractivity contribution in [2.45, 2.75) is 12.8 Å². The van der Waals surface area contributed by atoms with Gasteiger partial charge in [-0.25, -0.2) is 4.39 Å². The molecule has 1 aliphatic rings. The van der Waals surface area contributed by atoms with Gasteiger partial charge >= 0.3 is 0 Å². The summed E-state index contributed by atoms with van der Waals surface area (Å²) in [6.07, 6.45) is 1.09. The summed E-state index contributed by atoms with van der Waals surface area (Å²) in [6, 6.07) is 18.5. The molecule has 7 heteroatoms. The van der Waals surface area contributed by atoms with E-state index in [1.807, 2.05) is 12.1 Å². The average Bonchev–Trinajstić information content (AvgIpc) is 3.29. The van der Waals surface area contributed by atoms with Crippen LogP contribution in [-0.4, -0.2) is 23.4 Å². The van der Waals surface area contributed by atoms with E-state index in [0.29, 0.717) is 40.2 Å². The molecule has 3 N–H and O–H groups in total. The molecule has 1 aliphatic heterocycles. The molecule has 0 atom stereocenters. The molecule has 0 bridgehead atoms. The first kappa shape index (κ1) is 20.6. The lowest BCUT2D eigenvalue weighted by atomic mass is 10.1. The number of fused-ring (bicyclic) bond motifs is 2. The number of nitrogens with one attached hydrogen (secondary N) is 1. The summed E-state index contributed by atoms with van der Waals surface area (Å²) < 4.78 is 20.0. The second-order valence-electron chi connectivity index (χ2n) is 7.93. The number of pyridine rings is 1. The third kappa shape index (κ3) is 4.25. The molecule has 0 spiro atoms. The smallest absolute Gasteiger partial charge is 0.255 e. The van der Waals surface area contributed by atoms with Crippen molar-refractivity contribution >= 4 is 28.4 Å². The molecule has 5 rings (SSSR count). The van der Waals surface area contributed by atoms with Crippen molar-refractivity contribution in [3.8, 4) is 5.75 Å². The molecule has 6 nitrogen and oxygen atoms in total. The van der Waals surface area contributed by atoms with Crippen molar-refractivity contribution in [1.82, 2.24) is 4.98 Å². The highest BCUT2D eigenvalue weighted by Gasteiger charge is 2.16. The molecule has 1 aromatic heterocycles. The molecule has 33 heavy (non-hydrogen) atoms. The molecule has 0 fully saturated rings. The van der Waals surface area contributed by atoms with Gasteiger partial charge in [0.2, 0.25) is 5.91 Å². The minimum absolute atomic E-state index is 0.246. The standard InChI is InChI=1S/C26H20FN3O3/c27-22-7-6-21(30-26(32)18-2-1-15-9-10-33-24(15)14-18)13-19(22)12-20-5-3-16-11-17(25(28)31)4-8-23(16)29-20/h1-8,11,13-14H,9-10,12H2,(H2,28,31)(H,30,32). The van der Waals surface area contributed by atoms with Gasteiger partial charge in [0, 0.05) is 40.7 Å². The number of halogens is 1. The lowest BCUT2D eigenvalue weighted by Gasteiger charge is -2.10. The van der Waals surface area contributed by atoms with Gasteiger partial charge < -0.3 is 15.8 Å². The molecule has 0 saturated carbocycles. The fraction of sp³-hybridized carbons (Fsp3) is 0.115. The molecule has 164 valence electrons. The summed E-state index contributed by atoms with van der Waals surface area (Å²) in [4.78, 5) is 28.6. The van der Waals surface area contributed by atoms with Crippen LogP contribution in [0.2, 0.25) is 0 Å². The molecular formula is C26H20FN3O3. The quantitative estimate of drug-likeness (QED) is 0.484. The van der Waals surface area contributed by atoms with Gasteiger partial charge in [0.15, 0.2) is 0 Å². The molecule has 0 radical (unpaired) electrons. The van der Waals surface area contributed by atoms with Gasteiger partial charge in [-0.2, -0.15) is 0 Å². The second kappa shape index (κ2) is 8.35. The van der Waals surface area contributed by atoms with Crippen molar-refractivity contribution in [2.75, 3.05) is 11.9 Å². The van der Waals surface area contributed by atoms with Crippen molar-refractivity contribution < 1.29 is 18.7 Å². The summed E-state index contributed by atoms with van der Waals surface area (Å²) in [5.41, 5.74) is 9.54. The number of anilines is 1. The SMILES string of the molecule is NC(=O)c1ccc2nc(Cc3cc(NC(=O)c4ccc5c(c4)OCC5)ccc3F)ccc2c1. The van der Waals surface area contributed by atoms with Crippen LogP contribution in [0, 0.1) is 5.82 Å². The number of carbonyl (C=O) groups excluding carboxylic acids is 2. The Morgan fingerprint density at radius 3 is 2.70 bits per heavy atom. The number of benzene rings is 3. The predicted molar refractivity (Wildman–Crippen MR) is 123 cm³/mol. The topological polar surface area (TPSA) is 94.3 Å². The fourth-order valence-corrected chi connectivity index (χ4v) is 3.91. The number of primary amides is 1. The largest absolute Gasteiger partial charge is 0.493 e. The van der Waals surface area contributed by atoms with Crippen LogP contribution in [-0.2, 0) is 12.8 Å². The summed E-state index contributed by atoms with van der Waals surface area (Å²) in [5, 5.41) is 3.60. The fourth-order valence-electron chi connectivity index (χ4n) is 3.91. The summed E-state index contributed by atoms with van der Waals surface area (Å²) >= 11 is 0. The highest BCUT2D eigenvalue weighted by Crippen LogP contribution is 2.27. The maximum Gasteiger partial charge on any atom is 0.255 e. The normalized spacial score (nSPS) is 12.3. The van der Waals surface area contributed by atoms with Crippen LogP contribution in [0.5, 0.6) is 5.75 Å². The van der Waals surface area contributed by atoms with Gasteiger partial charge in [-0.15, -0.1) is 0 Å². The maximum atomic E-state index is 14.5. The first-order chi connectivity index (χ1) is 16.0. The van der Waals surface area contributed by atoms with Crippen LogP contribution in [0.3, 0.4) is 0 Å². The molecule has 4 aromatic rings. The number of ether oxygens (including phenoxy) is 1. The highest BCUT2D eigenvalue weighted by atomic mass is 19.1. The van der Waals surface area contributed by atoms with E-state index in [0.717, 1.165) is 23.1 Å². The number of hydrogen-bond acceptors (Lipinski definition) is 4. The third-order valence-electron chi connectivity index (χ3n) is 5.66. The van der Waals surface area contributed by atoms with Gasteiger partial charge in [0.25, 0.3) is 5.91 Å². The minimum atomic E-state index is -0.505. The number of hydrogen-bond donors (Lipinski definition) is 2. The van der Waals surface area contributed by atoms with Crippen LogP contribution in [0.4, 0.5) is 10.1 Å². The Labute approximate surface area is 189 Å². The zero-order valence-electron chi connectivity index (χ0n) is 17.6. The zero-order chi connectivity index (χ0) is 22.9.